The monoisotopic (exact) mass is 419 g/mol. The van der Waals surface area contributed by atoms with E-state index >= 15 is 0 Å². The Hall–Kier alpha value is -1.02. The Morgan fingerprint density at radius 2 is 2.05 bits per heavy atom. The molecule has 0 radical (unpaired) electrons. The van der Waals surface area contributed by atoms with Crippen LogP contribution in [0.2, 0.25) is 0 Å². The van der Waals surface area contributed by atoms with Crippen LogP contribution in [0.15, 0.2) is 29.3 Å². The van der Waals surface area contributed by atoms with Crippen LogP contribution < -0.4 is 15.4 Å². The van der Waals surface area contributed by atoms with Crippen molar-refractivity contribution in [2.75, 3.05) is 27.3 Å². The summed E-state index contributed by atoms with van der Waals surface area (Å²) < 4.78 is 11.0. The number of aliphatic imine (C=N–C) groups is 1. The van der Waals surface area contributed by atoms with E-state index in [-0.39, 0.29) is 24.0 Å². The molecule has 1 aromatic rings. The normalized spacial score (nSPS) is 14.7. The molecular formula is C16H26IN3O2. The number of rotatable bonds is 7. The van der Waals surface area contributed by atoms with Gasteiger partial charge in [0.15, 0.2) is 5.96 Å². The van der Waals surface area contributed by atoms with Gasteiger partial charge in [0.2, 0.25) is 0 Å². The number of hydrogen-bond donors (Lipinski definition) is 2. The van der Waals surface area contributed by atoms with E-state index in [0.29, 0.717) is 19.3 Å². The van der Waals surface area contributed by atoms with Crippen LogP contribution in [0.4, 0.5) is 0 Å². The molecule has 1 fully saturated rings. The average molecular weight is 419 g/mol. The van der Waals surface area contributed by atoms with Gasteiger partial charge >= 0.3 is 0 Å². The van der Waals surface area contributed by atoms with Crippen molar-refractivity contribution in [2.24, 2.45) is 4.99 Å². The predicted molar refractivity (Wildman–Crippen MR) is 100 cm³/mol. The molecule has 0 aliphatic heterocycles. The zero-order valence-electron chi connectivity index (χ0n) is 13.3. The number of nitrogens with zero attached hydrogens (tertiary/aromatic N) is 1. The van der Waals surface area contributed by atoms with Crippen molar-refractivity contribution >= 4 is 29.9 Å². The average Bonchev–Trinajstić information content (AvgIpc) is 2.47. The van der Waals surface area contributed by atoms with Crippen molar-refractivity contribution in [3.63, 3.8) is 0 Å². The van der Waals surface area contributed by atoms with Crippen molar-refractivity contribution < 1.29 is 9.47 Å². The van der Waals surface area contributed by atoms with Gasteiger partial charge in [-0.15, -0.1) is 24.0 Å². The predicted octanol–water partition coefficient (Wildman–Crippen LogP) is 2.55. The summed E-state index contributed by atoms with van der Waals surface area (Å²) in [7, 11) is 3.45. The van der Waals surface area contributed by atoms with Crippen molar-refractivity contribution in [3.05, 3.63) is 29.8 Å². The maximum absolute atomic E-state index is 6.03. The van der Waals surface area contributed by atoms with Crippen LogP contribution in [-0.2, 0) is 11.3 Å². The van der Waals surface area contributed by atoms with E-state index in [9.17, 15) is 0 Å². The second-order valence-electron chi connectivity index (χ2n) is 5.12. The summed E-state index contributed by atoms with van der Waals surface area (Å²) in [5.41, 5.74) is 1.15. The van der Waals surface area contributed by atoms with E-state index < -0.39 is 0 Å². The number of nitrogens with one attached hydrogen (secondary N) is 2. The molecule has 2 rings (SSSR count). The number of halogens is 1. The van der Waals surface area contributed by atoms with Crippen molar-refractivity contribution in [1.29, 1.82) is 0 Å². The lowest BCUT2D eigenvalue weighted by molar-refractivity contribution is 0.119. The van der Waals surface area contributed by atoms with Gasteiger partial charge in [0.1, 0.15) is 5.75 Å². The van der Waals surface area contributed by atoms with E-state index in [1.165, 1.54) is 19.3 Å². The standard InChI is InChI=1S/C16H25N3O2.HI/c1-17-16(18-10-11-20-2)19-12-13-6-3-4-9-15(13)21-14-7-5-8-14;/h3-4,6,9,14H,5,7-8,10-12H2,1-2H3,(H2,17,18,19);1H. The molecule has 0 aromatic heterocycles. The summed E-state index contributed by atoms with van der Waals surface area (Å²) in [5.74, 6) is 1.74. The summed E-state index contributed by atoms with van der Waals surface area (Å²) >= 11 is 0. The van der Waals surface area contributed by atoms with Crippen molar-refractivity contribution in [1.82, 2.24) is 10.6 Å². The lowest BCUT2D eigenvalue weighted by atomic mass is 9.96. The molecule has 1 aliphatic rings. The second-order valence-corrected chi connectivity index (χ2v) is 5.12. The number of guanidine groups is 1. The third-order valence-electron chi connectivity index (χ3n) is 3.59. The molecule has 0 bridgehead atoms. The number of ether oxygens (including phenoxy) is 2. The van der Waals surface area contributed by atoms with E-state index in [0.717, 1.165) is 23.8 Å². The van der Waals surface area contributed by atoms with Crippen LogP contribution >= 0.6 is 24.0 Å². The number of para-hydroxylation sites is 1. The molecule has 0 amide bonds. The Labute approximate surface area is 149 Å². The van der Waals surface area contributed by atoms with Crippen LogP contribution in [0.1, 0.15) is 24.8 Å². The Balaban J connectivity index is 0.00000242. The fraction of sp³-hybridized carbons (Fsp3) is 0.562. The number of benzene rings is 1. The molecule has 0 heterocycles. The summed E-state index contributed by atoms with van der Waals surface area (Å²) in [4.78, 5) is 4.19. The summed E-state index contributed by atoms with van der Waals surface area (Å²) in [5, 5.41) is 6.49. The highest BCUT2D eigenvalue weighted by Gasteiger charge is 2.20. The van der Waals surface area contributed by atoms with Gasteiger partial charge in [-0.3, -0.25) is 4.99 Å². The first-order valence-corrected chi connectivity index (χ1v) is 7.51. The molecule has 0 spiro atoms. The third kappa shape index (κ3) is 6.00. The molecule has 5 nitrogen and oxygen atoms in total. The van der Waals surface area contributed by atoms with Gasteiger partial charge in [0.05, 0.1) is 12.7 Å². The molecule has 124 valence electrons. The topological polar surface area (TPSA) is 54.9 Å². The van der Waals surface area contributed by atoms with E-state index in [1.54, 1.807) is 14.2 Å². The van der Waals surface area contributed by atoms with E-state index in [4.69, 9.17) is 9.47 Å². The van der Waals surface area contributed by atoms with Crippen LogP contribution in [0.25, 0.3) is 0 Å². The second kappa shape index (κ2) is 10.7. The lowest BCUT2D eigenvalue weighted by Gasteiger charge is -2.27. The molecular weight excluding hydrogens is 393 g/mol. The first kappa shape index (κ1) is 19.0. The van der Waals surface area contributed by atoms with Crippen LogP contribution in [-0.4, -0.2) is 39.4 Å². The number of hydrogen-bond acceptors (Lipinski definition) is 3. The van der Waals surface area contributed by atoms with E-state index in [2.05, 4.69) is 21.7 Å². The van der Waals surface area contributed by atoms with Crippen LogP contribution in [0.5, 0.6) is 5.75 Å². The Kier molecular flexibility index (Phi) is 9.22. The Morgan fingerprint density at radius 1 is 1.27 bits per heavy atom. The minimum atomic E-state index is 0. The lowest BCUT2D eigenvalue weighted by Crippen LogP contribution is -2.38. The molecule has 1 aliphatic carbocycles. The van der Waals surface area contributed by atoms with Gasteiger partial charge in [-0.25, -0.2) is 0 Å². The van der Waals surface area contributed by atoms with Gasteiger partial charge < -0.3 is 20.1 Å². The van der Waals surface area contributed by atoms with Crippen molar-refractivity contribution in [3.8, 4) is 5.75 Å². The van der Waals surface area contributed by atoms with Crippen molar-refractivity contribution in [2.45, 2.75) is 31.9 Å². The highest BCUT2D eigenvalue weighted by atomic mass is 127. The number of methoxy groups -OCH3 is 1. The first-order valence-electron chi connectivity index (χ1n) is 7.51. The Morgan fingerprint density at radius 3 is 2.68 bits per heavy atom. The molecule has 1 aromatic carbocycles. The fourth-order valence-corrected chi connectivity index (χ4v) is 2.10. The molecule has 0 atom stereocenters. The Bertz CT molecular complexity index is 464. The van der Waals surface area contributed by atoms with Gasteiger partial charge in [-0.05, 0) is 25.3 Å². The molecule has 6 heteroatoms. The molecule has 0 unspecified atom stereocenters. The van der Waals surface area contributed by atoms with Gasteiger partial charge in [-0.1, -0.05) is 18.2 Å². The van der Waals surface area contributed by atoms with E-state index in [1.807, 2.05) is 18.2 Å². The summed E-state index contributed by atoms with van der Waals surface area (Å²) in [6, 6.07) is 8.18. The zero-order valence-corrected chi connectivity index (χ0v) is 15.6. The molecule has 22 heavy (non-hydrogen) atoms. The largest absolute Gasteiger partial charge is 0.490 e. The minimum Gasteiger partial charge on any atom is -0.490 e. The van der Waals surface area contributed by atoms with Crippen LogP contribution in [0.3, 0.4) is 0 Å². The highest BCUT2D eigenvalue weighted by molar-refractivity contribution is 14.0. The first-order chi connectivity index (χ1) is 10.3. The molecule has 2 N–H and O–H groups in total. The SMILES string of the molecule is CN=C(NCCOC)NCc1ccccc1OC1CCC1.I. The van der Waals surface area contributed by atoms with Gasteiger partial charge in [0, 0.05) is 32.8 Å². The quantitative estimate of drug-likeness (QED) is 0.309. The minimum absolute atomic E-state index is 0. The smallest absolute Gasteiger partial charge is 0.191 e. The zero-order chi connectivity index (χ0) is 14.9. The maximum Gasteiger partial charge on any atom is 0.191 e. The summed E-state index contributed by atoms with van der Waals surface area (Å²) in [6.07, 6.45) is 4.01. The maximum atomic E-state index is 6.03. The fourth-order valence-electron chi connectivity index (χ4n) is 2.10. The third-order valence-corrected chi connectivity index (χ3v) is 3.59. The molecule has 1 saturated carbocycles. The molecule has 0 saturated heterocycles. The summed E-state index contributed by atoms with van der Waals surface area (Å²) in [6.45, 7) is 2.08. The highest BCUT2D eigenvalue weighted by Crippen LogP contribution is 2.27. The van der Waals surface area contributed by atoms with Gasteiger partial charge in [0.25, 0.3) is 0 Å². The van der Waals surface area contributed by atoms with Crippen LogP contribution in [0, 0.1) is 0 Å². The van der Waals surface area contributed by atoms with Gasteiger partial charge in [-0.2, -0.15) is 0 Å².